The second-order valence-corrected chi connectivity index (χ2v) is 7.93. The van der Waals surface area contributed by atoms with Crippen LogP contribution in [0.2, 0.25) is 0 Å². The van der Waals surface area contributed by atoms with Gasteiger partial charge in [-0.25, -0.2) is 0 Å². The van der Waals surface area contributed by atoms with Crippen molar-refractivity contribution in [2.75, 3.05) is 20.2 Å². The normalized spacial score (nSPS) is 32.8. The molecule has 0 amide bonds. The maximum atomic E-state index is 9.04. The molecule has 4 heteroatoms. The Hall–Kier alpha value is -1.55. The number of benzene rings is 1. The van der Waals surface area contributed by atoms with Crippen LogP contribution in [-0.2, 0) is 11.8 Å². The zero-order valence-corrected chi connectivity index (χ0v) is 14.7. The molecule has 2 fully saturated rings. The van der Waals surface area contributed by atoms with E-state index >= 15 is 0 Å². The molecule has 0 aromatic heterocycles. The summed E-state index contributed by atoms with van der Waals surface area (Å²) in [5.74, 6) is 2.42. The van der Waals surface area contributed by atoms with Crippen LogP contribution in [0.15, 0.2) is 23.4 Å². The molecule has 4 rings (SSSR count). The van der Waals surface area contributed by atoms with Gasteiger partial charge in [-0.2, -0.15) is 0 Å². The highest BCUT2D eigenvalue weighted by molar-refractivity contribution is 5.61. The van der Waals surface area contributed by atoms with Gasteiger partial charge in [0.25, 0.3) is 0 Å². The molecule has 3 atom stereocenters. The monoisotopic (exact) mass is 328 g/mol. The van der Waals surface area contributed by atoms with Crippen molar-refractivity contribution in [2.24, 2.45) is 17.0 Å². The Bertz CT molecular complexity index is 641. The van der Waals surface area contributed by atoms with Crippen LogP contribution >= 0.6 is 0 Å². The molecule has 0 unspecified atom stereocenters. The molecule has 1 N–H and O–H groups in total. The van der Waals surface area contributed by atoms with Gasteiger partial charge < -0.3 is 9.94 Å². The third-order valence-electron chi connectivity index (χ3n) is 6.77. The van der Waals surface area contributed by atoms with Gasteiger partial charge in [0.05, 0.1) is 7.11 Å². The summed E-state index contributed by atoms with van der Waals surface area (Å²) >= 11 is 0. The summed E-state index contributed by atoms with van der Waals surface area (Å²) in [6.07, 6.45) is 7.58. The van der Waals surface area contributed by atoms with E-state index in [0.29, 0.717) is 12.0 Å². The average Bonchev–Trinajstić information content (AvgIpc) is 3.41. The van der Waals surface area contributed by atoms with E-state index in [1.165, 1.54) is 30.5 Å². The van der Waals surface area contributed by atoms with Crippen molar-refractivity contribution in [1.82, 2.24) is 4.90 Å². The molecule has 1 heterocycles. The number of ether oxygens (including phenoxy) is 1. The molecule has 1 saturated carbocycles. The molecular weight excluding hydrogens is 300 g/mol. The lowest BCUT2D eigenvalue weighted by molar-refractivity contribution is 0.0232. The quantitative estimate of drug-likeness (QED) is 0.511. The molecule has 24 heavy (non-hydrogen) atoms. The highest BCUT2D eigenvalue weighted by atomic mass is 16.5. The lowest BCUT2D eigenvalue weighted by Gasteiger charge is -2.56. The predicted molar refractivity (Wildman–Crippen MR) is 95.1 cm³/mol. The van der Waals surface area contributed by atoms with Gasteiger partial charge in [0.2, 0.25) is 0 Å². The first kappa shape index (κ1) is 15.9. The summed E-state index contributed by atoms with van der Waals surface area (Å²) in [6, 6.07) is 7.17. The summed E-state index contributed by atoms with van der Waals surface area (Å²) in [6.45, 7) is 4.82. The lowest BCUT2D eigenvalue weighted by atomic mass is 9.56. The Labute approximate surface area is 144 Å². The molecule has 1 aliphatic heterocycles. The van der Waals surface area contributed by atoms with Crippen LogP contribution in [-0.4, -0.2) is 42.6 Å². The molecule has 1 aromatic rings. The summed E-state index contributed by atoms with van der Waals surface area (Å²) < 4.78 is 5.49. The molecule has 3 aliphatic rings. The Morgan fingerprint density at radius 3 is 2.96 bits per heavy atom. The van der Waals surface area contributed by atoms with Crippen LogP contribution in [0.4, 0.5) is 0 Å². The number of likely N-dealkylation sites (tertiary alicyclic amines) is 1. The summed E-state index contributed by atoms with van der Waals surface area (Å²) in [5.41, 5.74) is 2.93. The molecule has 0 radical (unpaired) electrons. The zero-order chi connectivity index (χ0) is 16.7. The SMILES string of the molecule is COc1ccc2c(c1)[C@@]1(C/C=N\O)CCN(CC3CC3)[C@H](C2)[C@@H]1C. The van der Waals surface area contributed by atoms with Crippen molar-refractivity contribution in [3.05, 3.63) is 29.3 Å². The van der Waals surface area contributed by atoms with Crippen molar-refractivity contribution in [3.63, 3.8) is 0 Å². The van der Waals surface area contributed by atoms with Crippen molar-refractivity contribution in [1.29, 1.82) is 0 Å². The van der Waals surface area contributed by atoms with Crippen LogP contribution in [0, 0.1) is 11.8 Å². The second kappa shape index (κ2) is 6.07. The molecule has 130 valence electrons. The van der Waals surface area contributed by atoms with Gasteiger partial charge in [0, 0.05) is 24.2 Å². The topological polar surface area (TPSA) is 45.1 Å². The molecule has 1 aromatic carbocycles. The summed E-state index contributed by atoms with van der Waals surface area (Å²) in [4.78, 5) is 2.74. The minimum absolute atomic E-state index is 0.0685. The first-order valence-corrected chi connectivity index (χ1v) is 9.25. The van der Waals surface area contributed by atoms with Crippen LogP contribution in [0.5, 0.6) is 5.75 Å². The zero-order valence-electron chi connectivity index (χ0n) is 14.7. The largest absolute Gasteiger partial charge is 0.497 e. The van der Waals surface area contributed by atoms with E-state index in [9.17, 15) is 0 Å². The number of rotatable bonds is 5. The average molecular weight is 328 g/mol. The van der Waals surface area contributed by atoms with E-state index < -0.39 is 0 Å². The number of methoxy groups -OCH3 is 1. The van der Waals surface area contributed by atoms with Crippen molar-refractivity contribution >= 4 is 6.21 Å². The molecule has 4 nitrogen and oxygen atoms in total. The maximum absolute atomic E-state index is 9.04. The van der Waals surface area contributed by atoms with E-state index in [-0.39, 0.29) is 5.41 Å². The van der Waals surface area contributed by atoms with Crippen molar-refractivity contribution < 1.29 is 9.94 Å². The van der Waals surface area contributed by atoms with E-state index in [0.717, 1.165) is 37.5 Å². The van der Waals surface area contributed by atoms with Crippen molar-refractivity contribution in [3.8, 4) is 5.75 Å². The number of fused-ring (bicyclic) bond motifs is 4. The molecule has 2 bridgehead atoms. The standard InChI is InChI=1S/C20H28N2O2/c1-14-19-11-16-5-6-17(24-2)12-18(16)20(14,7-9-21-23)8-10-22(19)13-15-3-4-15/h5-6,9,12,14-15,19,23H,3-4,7-8,10-11,13H2,1-2H3/b21-9-/t14-,19+,20-/m0/s1. The molecular formula is C20H28N2O2. The number of hydrogen-bond donors (Lipinski definition) is 1. The number of oxime groups is 1. The first-order chi connectivity index (χ1) is 11.7. The highest BCUT2D eigenvalue weighted by Crippen LogP contribution is 2.51. The smallest absolute Gasteiger partial charge is 0.119 e. The van der Waals surface area contributed by atoms with Gasteiger partial charge in [-0.05, 0) is 73.7 Å². The van der Waals surface area contributed by atoms with Crippen LogP contribution in [0.3, 0.4) is 0 Å². The van der Waals surface area contributed by atoms with Crippen LogP contribution < -0.4 is 4.74 Å². The molecule has 2 aliphatic carbocycles. The Balaban J connectivity index is 1.74. The fourth-order valence-electron chi connectivity index (χ4n) is 5.12. The first-order valence-electron chi connectivity index (χ1n) is 9.25. The van der Waals surface area contributed by atoms with Gasteiger partial charge in [0.15, 0.2) is 0 Å². The second-order valence-electron chi connectivity index (χ2n) is 7.93. The summed E-state index contributed by atoms with van der Waals surface area (Å²) in [7, 11) is 1.73. The Morgan fingerprint density at radius 1 is 1.42 bits per heavy atom. The number of hydrogen-bond acceptors (Lipinski definition) is 4. The number of piperidine rings is 1. The third-order valence-corrected chi connectivity index (χ3v) is 6.77. The Morgan fingerprint density at radius 2 is 2.25 bits per heavy atom. The minimum Gasteiger partial charge on any atom is -0.497 e. The fourth-order valence-corrected chi connectivity index (χ4v) is 5.12. The maximum Gasteiger partial charge on any atom is 0.119 e. The predicted octanol–water partition coefficient (Wildman–Crippen LogP) is 3.46. The molecule has 1 saturated heterocycles. The fraction of sp³-hybridized carbons (Fsp3) is 0.650. The van der Waals surface area contributed by atoms with E-state index in [4.69, 9.17) is 9.94 Å². The number of nitrogens with zero attached hydrogens (tertiary/aromatic N) is 2. The van der Waals surface area contributed by atoms with Crippen LogP contribution in [0.1, 0.15) is 43.7 Å². The minimum atomic E-state index is 0.0685. The van der Waals surface area contributed by atoms with Crippen LogP contribution in [0.25, 0.3) is 0 Å². The third kappa shape index (κ3) is 2.52. The van der Waals surface area contributed by atoms with Gasteiger partial charge in [0.1, 0.15) is 5.75 Å². The van der Waals surface area contributed by atoms with E-state index in [1.807, 2.05) is 0 Å². The van der Waals surface area contributed by atoms with Gasteiger partial charge in [-0.1, -0.05) is 13.0 Å². The summed E-state index contributed by atoms with van der Waals surface area (Å²) in [5, 5.41) is 12.4. The van der Waals surface area contributed by atoms with Gasteiger partial charge in [-0.15, -0.1) is 5.16 Å². The highest BCUT2D eigenvalue weighted by Gasteiger charge is 2.51. The Kier molecular flexibility index (Phi) is 4.03. The van der Waals surface area contributed by atoms with Gasteiger partial charge >= 0.3 is 0 Å². The van der Waals surface area contributed by atoms with Gasteiger partial charge in [-0.3, -0.25) is 4.90 Å². The van der Waals surface area contributed by atoms with E-state index in [2.05, 4.69) is 35.2 Å². The van der Waals surface area contributed by atoms with Crippen molar-refractivity contribution in [2.45, 2.75) is 50.5 Å². The lowest BCUT2D eigenvalue weighted by Crippen LogP contribution is -2.59. The van der Waals surface area contributed by atoms with E-state index in [1.54, 1.807) is 13.3 Å². The molecule has 0 spiro atoms.